The molecule has 4 aromatic heterocycles. The van der Waals surface area contributed by atoms with E-state index in [4.69, 9.17) is 15.2 Å². The highest BCUT2D eigenvalue weighted by atomic mass is 16.5. The summed E-state index contributed by atoms with van der Waals surface area (Å²) in [6.07, 6.45) is 6.36. The Bertz CT molecular complexity index is 1530. The minimum absolute atomic E-state index is 0.194. The van der Waals surface area contributed by atoms with Crippen molar-refractivity contribution in [3.8, 4) is 17.1 Å². The fourth-order valence-corrected chi connectivity index (χ4v) is 4.02. The van der Waals surface area contributed by atoms with E-state index >= 15 is 0 Å². The molecular weight excluding hydrogens is 460 g/mol. The largest absolute Gasteiger partial charge is 0.480 e. The number of fused-ring (bicyclic) bond motifs is 1. The van der Waals surface area contributed by atoms with E-state index in [1.165, 1.54) is 13.4 Å². The Morgan fingerprint density at radius 2 is 1.92 bits per heavy atom. The van der Waals surface area contributed by atoms with Crippen molar-refractivity contribution in [3.05, 3.63) is 84.1 Å². The van der Waals surface area contributed by atoms with Crippen LogP contribution in [0.25, 0.3) is 16.8 Å². The molecule has 0 aliphatic carbocycles. The van der Waals surface area contributed by atoms with Crippen LogP contribution in [0.4, 0.5) is 11.5 Å². The van der Waals surface area contributed by atoms with Crippen molar-refractivity contribution < 1.29 is 14.3 Å². The molecule has 5 rings (SSSR count). The first-order valence-corrected chi connectivity index (χ1v) is 11.1. The number of nitrogens with two attached hydrogens (primary N) is 1. The molecule has 0 fully saturated rings. The highest BCUT2D eigenvalue weighted by Gasteiger charge is 2.20. The van der Waals surface area contributed by atoms with Crippen LogP contribution < -0.4 is 15.8 Å². The lowest BCUT2D eigenvalue weighted by atomic mass is 10.1. The van der Waals surface area contributed by atoms with Crippen molar-refractivity contribution in [3.63, 3.8) is 0 Å². The molecular formula is C25H24N8O3. The first-order chi connectivity index (χ1) is 17.6. The van der Waals surface area contributed by atoms with Crippen molar-refractivity contribution in [2.75, 3.05) is 25.3 Å². The molecule has 1 aromatic carbocycles. The molecule has 0 unspecified atom stereocenters. The van der Waals surface area contributed by atoms with Crippen LogP contribution in [0.5, 0.6) is 5.88 Å². The quantitative estimate of drug-likeness (QED) is 0.343. The van der Waals surface area contributed by atoms with Gasteiger partial charge in [0.05, 0.1) is 37.8 Å². The van der Waals surface area contributed by atoms with E-state index in [0.29, 0.717) is 41.4 Å². The predicted molar refractivity (Wildman–Crippen MR) is 134 cm³/mol. The second kappa shape index (κ2) is 9.84. The van der Waals surface area contributed by atoms with Gasteiger partial charge in [0.25, 0.3) is 5.91 Å². The molecule has 4 heterocycles. The Labute approximate surface area is 206 Å². The second-order valence-corrected chi connectivity index (χ2v) is 8.04. The van der Waals surface area contributed by atoms with Crippen LogP contribution in [-0.4, -0.2) is 49.5 Å². The molecule has 5 aromatic rings. The van der Waals surface area contributed by atoms with Crippen LogP contribution in [0.3, 0.4) is 0 Å². The van der Waals surface area contributed by atoms with Crippen molar-refractivity contribution >= 4 is 22.9 Å². The molecule has 0 aliphatic rings. The Morgan fingerprint density at radius 1 is 1.08 bits per heavy atom. The zero-order valence-electron chi connectivity index (χ0n) is 19.8. The maximum absolute atomic E-state index is 13.2. The number of rotatable bonds is 8. The Morgan fingerprint density at radius 3 is 2.69 bits per heavy atom. The summed E-state index contributed by atoms with van der Waals surface area (Å²) < 4.78 is 14.1. The summed E-state index contributed by atoms with van der Waals surface area (Å²) >= 11 is 0. The first kappa shape index (κ1) is 23.0. The summed E-state index contributed by atoms with van der Waals surface area (Å²) in [5, 5.41) is 11.6. The van der Waals surface area contributed by atoms with E-state index in [2.05, 4.69) is 25.5 Å². The summed E-state index contributed by atoms with van der Waals surface area (Å²) in [5.41, 5.74) is 10.8. The van der Waals surface area contributed by atoms with Gasteiger partial charge in [0.15, 0.2) is 5.82 Å². The number of hydrogen-bond acceptors (Lipinski definition) is 8. The van der Waals surface area contributed by atoms with Gasteiger partial charge >= 0.3 is 0 Å². The fourth-order valence-electron chi connectivity index (χ4n) is 4.02. The lowest BCUT2D eigenvalue weighted by Crippen LogP contribution is -2.14. The summed E-state index contributed by atoms with van der Waals surface area (Å²) in [7, 11) is 3.07. The van der Waals surface area contributed by atoms with Crippen LogP contribution in [-0.2, 0) is 17.9 Å². The average molecular weight is 485 g/mol. The van der Waals surface area contributed by atoms with Gasteiger partial charge in [-0.3, -0.25) is 9.48 Å². The van der Waals surface area contributed by atoms with E-state index in [1.54, 1.807) is 41.0 Å². The third-order valence-corrected chi connectivity index (χ3v) is 5.62. The normalized spacial score (nSPS) is 11.1. The maximum Gasteiger partial charge on any atom is 0.261 e. The lowest BCUT2D eigenvalue weighted by molar-refractivity contribution is 0.102. The summed E-state index contributed by atoms with van der Waals surface area (Å²) in [6.45, 7) is 0.915. The number of ether oxygens (including phenoxy) is 2. The number of carbonyl (C=O) groups is 1. The molecule has 11 heteroatoms. The van der Waals surface area contributed by atoms with Gasteiger partial charge < -0.3 is 20.5 Å². The van der Waals surface area contributed by atoms with Gasteiger partial charge in [-0.1, -0.05) is 30.3 Å². The smallest absolute Gasteiger partial charge is 0.261 e. The minimum Gasteiger partial charge on any atom is -0.480 e. The number of nitrogens with zero attached hydrogens (tertiary/aromatic N) is 6. The zero-order valence-corrected chi connectivity index (χ0v) is 19.8. The third-order valence-electron chi connectivity index (χ3n) is 5.62. The molecule has 0 spiro atoms. The zero-order chi connectivity index (χ0) is 25.1. The summed E-state index contributed by atoms with van der Waals surface area (Å²) in [6, 6.07) is 13.5. The molecule has 0 saturated carbocycles. The van der Waals surface area contributed by atoms with E-state index in [1.807, 2.05) is 36.4 Å². The van der Waals surface area contributed by atoms with Crippen molar-refractivity contribution in [1.82, 2.24) is 29.4 Å². The fraction of sp³-hybridized carbons (Fsp3) is 0.160. The van der Waals surface area contributed by atoms with Gasteiger partial charge in [0, 0.05) is 30.6 Å². The van der Waals surface area contributed by atoms with Crippen LogP contribution in [0.2, 0.25) is 0 Å². The average Bonchev–Trinajstić information content (AvgIpc) is 3.49. The van der Waals surface area contributed by atoms with E-state index in [-0.39, 0.29) is 17.4 Å². The Balaban J connectivity index is 1.45. The molecule has 0 aliphatic heterocycles. The van der Waals surface area contributed by atoms with Crippen molar-refractivity contribution in [1.29, 1.82) is 0 Å². The van der Waals surface area contributed by atoms with Crippen LogP contribution in [0.15, 0.2) is 67.4 Å². The molecule has 36 heavy (non-hydrogen) atoms. The lowest BCUT2D eigenvalue weighted by Gasteiger charge is -2.10. The summed E-state index contributed by atoms with van der Waals surface area (Å²) in [5.74, 6) is 0.142. The summed E-state index contributed by atoms with van der Waals surface area (Å²) in [4.78, 5) is 21.7. The molecule has 182 valence electrons. The molecule has 0 bridgehead atoms. The van der Waals surface area contributed by atoms with Crippen molar-refractivity contribution in [2.45, 2.75) is 13.2 Å². The highest BCUT2D eigenvalue weighted by molar-refractivity contribution is 6.06. The number of benzene rings is 1. The number of nitrogens with one attached hydrogen (secondary N) is 1. The monoisotopic (exact) mass is 484 g/mol. The van der Waals surface area contributed by atoms with Gasteiger partial charge in [-0.15, -0.1) is 0 Å². The Kier molecular flexibility index (Phi) is 6.29. The topological polar surface area (TPSA) is 134 Å². The maximum atomic E-state index is 13.2. The number of aromatic nitrogens is 6. The van der Waals surface area contributed by atoms with Crippen LogP contribution in [0.1, 0.15) is 21.5 Å². The predicted octanol–water partition coefficient (Wildman–Crippen LogP) is 3.03. The van der Waals surface area contributed by atoms with Crippen LogP contribution in [0, 0.1) is 0 Å². The Hall–Kier alpha value is -4.77. The number of carbonyl (C=O) groups excluding carboxylic acids is 1. The molecule has 0 radical (unpaired) electrons. The van der Waals surface area contributed by atoms with Crippen LogP contribution >= 0.6 is 0 Å². The number of hydrogen-bond donors (Lipinski definition) is 2. The molecule has 0 saturated heterocycles. The number of anilines is 2. The second-order valence-electron chi connectivity index (χ2n) is 8.04. The van der Waals surface area contributed by atoms with Gasteiger partial charge in [0.2, 0.25) is 5.88 Å². The number of nitrogen functional groups attached to an aromatic ring is 1. The third kappa shape index (κ3) is 4.46. The number of methoxy groups -OCH3 is 2. The van der Waals surface area contributed by atoms with Gasteiger partial charge in [-0.25, -0.2) is 14.5 Å². The standard InChI is InChI=1S/C25H24N8O3/c1-35-14-18-9-21(33-22(18)23(26)28-15-30-33)17-8-20(25(36-2)27-10-17)24(34)31-19-11-29-32(13-19)12-16-6-4-3-5-7-16/h3-11,13,15H,12,14H2,1-2H3,(H,31,34)(H2,26,28,30). The molecule has 11 nitrogen and oxygen atoms in total. The SMILES string of the molecule is COCc1cc(-c2cnc(OC)c(C(=O)Nc3cnn(Cc4ccccc4)c3)c2)n2ncnc(N)c12. The van der Waals surface area contributed by atoms with E-state index in [9.17, 15) is 4.79 Å². The number of pyridine rings is 1. The van der Waals surface area contributed by atoms with Gasteiger partial charge in [0.1, 0.15) is 17.4 Å². The highest BCUT2D eigenvalue weighted by Crippen LogP contribution is 2.30. The first-order valence-electron chi connectivity index (χ1n) is 11.1. The van der Waals surface area contributed by atoms with E-state index in [0.717, 1.165) is 11.1 Å². The van der Waals surface area contributed by atoms with Crippen molar-refractivity contribution in [2.24, 2.45) is 0 Å². The molecule has 1 amide bonds. The van der Waals surface area contributed by atoms with Gasteiger partial charge in [-0.05, 0) is 17.7 Å². The minimum atomic E-state index is -0.382. The van der Waals surface area contributed by atoms with Gasteiger partial charge in [-0.2, -0.15) is 10.2 Å². The number of amides is 1. The molecule has 0 atom stereocenters. The molecule has 3 N–H and O–H groups in total. The van der Waals surface area contributed by atoms with E-state index < -0.39 is 0 Å².